The molecular weight excluding hydrogens is 336 g/mol. The predicted octanol–water partition coefficient (Wildman–Crippen LogP) is 3.70. The molecule has 0 radical (unpaired) electrons. The standard InChI is InChI=1S/C23H28N2O2/c26-22(19-15-18(19)16-8-2-1-3-9-16)25-20-11-5-4-10-17(20)14-21(25)23(27)24-12-6-7-13-24/h1-3,6,8-9,12,17-21H,4-5,7,10-11,13-15H2/t17-,18+,19+,20-,21-/m0/s1. The molecule has 4 heteroatoms. The molecule has 0 N–H and O–H groups in total. The lowest BCUT2D eigenvalue weighted by Gasteiger charge is -2.34. The molecule has 2 heterocycles. The number of hydrogen-bond acceptors (Lipinski definition) is 2. The van der Waals surface area contributed by atoms with Crippen LogP contribution in [-0.2, 0) is 9.59 Å². The van der Waals surface area contributed by atoms with Gasteiger partial charge in [0.15, 0.2) is 0 Å². The van der Waals surface area contributed by atoms with Crippen molar-refractivity contribution in [3.05, 3.63) is 48.2 Å². The molecule has 2 aliphatic heterocycles. The number of benzene rings is 1. The Morgan fingerprint density at radius 2 is 1.78 bits per heavy atom. The molecule has 4 nitrogen and oxygen atoms in total. The number of hydrogen-bond donors (Lipinski definition) is 0. The average Bonchev–Trinajstić information content (AvgIpc) is 3.14. The van der Waals surface area contributed by atoms with Crippen LogP contribution in [0.15, 0.2) is 42.6 Å². The maximum atomic E-state index is 13.5. The van der Waals surface area contributed by atoms with Gasteiger partial charge in [0.2, 0.25) is 11.8 Å². The topological polar surface area (TPSA) is 40.6 Å². The Balaban J connectivity index is 1.38. The fourth-order valence-electron chi connectivity index (χ4n) is 5.59. The number of nitrogens with zero attached hydrogens (tertiary/aromatic N) is 2. The van der Waals surface area contributed by atoms with Crippen molar-refractivity contribution in [1.29, 1.82) is 0 Å². The van der Waals surface area contributed by atoms with Gasteiger partial charge in [0.1, 0.15) is 6.04 Å². The number of carbonyl (C=O) groups is 2. The lowest BCUT2D eigenvalue weighted by atomic mass is 9.84. The summed E-state index contributed by atoms with van der Waals surface area (Å²) in [4.78, 5) is 30.6. The zero-order valence-electron chi connectivity index (χ0n) is 15.8. The van der Waals surface area contributed by atoms with E-state index in [0.717, 1.165) is 32.2 Å². The summed E-state index contributed by atoms with van der Waals surface area (Å²) in [5, 5.41) is 0. The summed E-state index contributed by atoms with van der Waals surface area (Å²) in [7, 11) is 0. The zero-order chi connectivity index (χ0) is 18.4. The van der Waals surface area contributed by atoms with Gasteiger partial charge in [-0.05, 0) is 49.5 Å². The van der Waals surface area contributed by atoms with Gasteiger partial charge in [-0.15, -0.1) is 0 Å². The minimum absolute atomic E-state index is 0.0671. The smallest absolute Gasteiger partial charge is 0.249 e. The second-order valence-corrected chi connectivity index (χ2v) is 8.67. The lowest BCUT2D eigenvalue weighted by Crippen LogP contribution is -2.50. The van der Waals surface area contributed by atoms with Crippen LogP contribution in [0.2, 0.25) is 0 Å². The van der Waals surface area contributed by atoms with Crippen molar-refractivity contribution in [3.63, 3.8) is 0 Å². The average molecular weight is 364 g/mol. The molecule has 0 aromatic heterocycles. The molecule has 0 unspecified atom stereocenters. The third-order valence-electron chi connectivity index (χ3n) is 7.07. The third-order valence-corrected chi connectivity index (χ3v) is 7.07. The van der Waals surface area contributed by atoms with E-state index in [4.69, 9.17) is 0 Å². The maximum Gasteiger partial charge on any atom is 0.249 e. The van der Waals surface area contributed by atoms with Crippen LogP contribution in [-0.4, -0.2) is 40.2 Å². The Labute approximate surface area is 161 Å². The van der Waals surface area contributed by atoms with E-state index in [2.05, 4.69) is 18.2 Å². The van der Waals surface area contributed by atoms with Crippen LogP contribution in [0.1, 0.15) is 56.4 Å². The van der Waals surface area contributed by atoms with Crippen LogP contribution in [0.25, 0.3) is 0 Å². The minimum atomic E-state index is -0.245. The molecule has 2 saturated carbocycles. The Morgan fingerprint density at radius 3 is 2.56 bits per heavy atom. The van der Waals surface area contributed by atoms with E-state index >= 15 is 0 Å². The fourth-order valence-corrected chi connectivity index (χ4v) is 5.59. The molecule has 1 aromatic carbocycles. The van der Waals surface area contributed by atoms with Gasteiger partial charge in [0, 0.05) is 24.7 Å². The summed E-state index contributed by atoms with van der Waals surface area (Å²) < 4.78 is 0. The largest absolute Gasteiger partial charge is 0.327 e. The van der Waals surface area contributed by atoms with Gasteiger partial charge >= 0.3 is 0 Å². The molecule has 2 amide bonds. The van der Waals surface area contributed by atoms with E-state index in [1.807, 2.05) is 34.2 Å². The fraction of sp³-hybridized carbons (Fsp3) is 0.565. The first-order chi connectivity index (χ1) is 13.2. The van der Waals surface area contributed by atoms with Gasteiger partial charge in [0.25, 0.3) is 0 Å². The summed E-state index contributed by atoms with van der Waals surface area (Å²) in [5.41, 5.74) is 1.26. The van der Waals surface area contributed by atoms with Crippen molar-refractivity contribution in [3.8, 4) is 0 Å². The van der Waals surface area contributed by atoms with E-state index in [1.165, 1.54) is 24.8 Å². The predicted molar refractivity (Wildman–Crippen MR) is 104 cm³/mol. The first-order valence-electron chi connectivity index (χ1n) is 10.6. The van der Waals surface area contributed by atoms with Crippen LogP contribution < -0.4 is 0 Å². The Bertz CT molecular complexity index is 759. The van der Waals surface area contributed by atoms with E-state index in [1.54, 1.807) is 0 Å². The second-order valence-electron chi connectivity index (χ2n) is 8.67. The van der Waals surface area contributed by atoms with Crippen LogP contribution >= 0.6 is 0 Å². The highest BCUT2D eigenvalue weighted by Crippen LogP contribution is 2.51. The molecule has 5 rings (SSSR count). The molecule has 2 aliphatic carbocycles. The molecule has 1 aromatic rings. The van der Waals surface area contributed by atoms with E-state index in [0.29, 0.717) is 11.8 Å². The summed E-state index contributed by atoms with van der Waals surface area (Å²) in [5.74, 6) is 1.29. The van der Waals surface area contributed by atoms with E-state index in [9.17, 15) is 9.59 Å². The molecule has 27 heavy (non-hydrogen) atoms. The van der Waals surface area contributed by atoms with Crippen molar-refractivity contribution in [1.82, 2.24) is 9.80 Å². The van der Waals surface area contributed by atoms with Crippen LogP contribution in [0.5, 0.6) is 0 Å². The van der Waals surface area contributed by atoms with Crippen molar-refractivity contribution in [2.45, 2.75) is 62.9 Å². The molecule has 0 bridgehead atoms. The number of likely N-dealkylation sites (tertiary alicyclic amines) is 1. The minimum Gasteiger partial charge on any atom is -0.327 e. The third kappa shape index (κ3) is 2.99. The van der Waals surface area contributed by atoms with Gasteiger partial charge in [0.05, 0.1) is 0 Å². The van der Waals surface area contributed by atoms with E-state index < -0.39 is 0 Å². The zero-order valence-corrected chi connectivity index (χ0v) is 15.8. The summed E-state index contributed by atoms with van der Waals surface area (Å²) >= 11 is 0. The molecule has 3 fully saturated rings. The second kappa shape index (κ2) is 6.81. The Hall–Kier alpha value is -2.10. The SMILES string of the molecule is O=C([C@@H]1C[C@@H]2CCCC[C@@H]2N1C(=O)[C@@H]1C[C@@H]1c1ccccc1)N1C=CCC1. The highest BCUT2D eigenvalue weighted by atomic mass is 16.2. The normalized spacial score (nSPS) is 34.6. The van der Waals surface area contributed by atoms with Crippen molar-refractivity contribution in [2.75, 3.05) is 6.54 Å². The van der Waals surface area contributed by atoms with Crippen molar-refractivity contribution < 1.29 is 9.59 Å². The summed E-state index contributed by atoms with van der Waals surface area (Å²) in [6.07, 6.45) is 11.3. The van der Waals surface area contributed by atoms with Gasteiger partial charge in [-0.3, -0.25) is 9.59 Å². The van der Waals surface area contributed by atoms with Gasteiger partial charge in [-0.25, -0.2) is 0 Å². The van der Waals surface area contributed by atoms with Crippen molar-refractivity contribution >= 4 is 11.8 Å². The molecule has 1 saturated heterocycles. The first-order valence-corrected chi connectivity index (χ1v) is 10.6. The molecular formula is C23H28N2O2. The maximum absolute atomic E-state index is 13.5. The van der Waals surface area contributed by atoms with E-state index in [-0.39, 0.29) is 29.8 Å². The molecule has 4 aliphatic rings. The Kier molecular flexibility index (Phi) is 4.30. The van der Waals surface area contributed by atoms with Crippen LogP contribution in [0.4, 0.5) is 0 Å². The summed E-state index contributed by atoms with van der Waals surface area (Å²) in [6, 6.07) is 10.4. The summed E-state index contributed by atoms with van der Waals surface area (Å²) in [6.45, 7) is 0.767. The van der Waals surface area contributed by atoms with Gasteiger partial charge < -0.3 is 9.80 Å². The number of fused-ring (bicyclic) bond motifs is 1. The highest BCUT2D eigenvalue weighted by molar-refractivity contribution is 5.91. The monoisotopic (exact) mass is 364 g/mol. The number of amides is 2. The molecule has 142 valence electrons. The Morgan fingerprint density at radius 1 is 0.963 bits per heavy atom. The van der Waals surface area contributed by atoms with Crippen LogP contribution in [0, 0.1) is 11.8 Å². The quantitative estimate of drug-likeness (QED) is 0.821. The van der Waals surface area contributed by atoms with Gasteiger partial charge in [-0.2, -0.15) is 0 Å². The van der Waals surface area contributed by atoms with Crippen LogP contribution in [0.3, 0.4) is 0 Å². The lowest BCUT2D eigenvalue weighted by molar-refractivity contribution is -0.145. The number of carbonyl (C=O) groups excluding carboxylic acids is 2. The number of rotatable bonds is 3. The highest BCUT2D eigenvalue weighted by Gasteiger charge is 2.54. The molecule has 5 atom stereocenters. The first kappa shape index (κ1) is 17.0. The van der Waals surface area contributed by atoms with Crippen molar-refractivity contribution in [2.24, 2.45) is 11.8 Å². The molecule has 0 spiro atoms. The van der Waals surface area contributed by atoms with Gasteiger partial charge in [-0.1, -0.05) is 49.2 Å².